The summed E-state index contributed by atoms with van der Waals surface area (Å²) in [6.45, 7) is 3.52. The number of likely N-dealkylation sites (N-methyl/N-ethyl adjacent to an activating group) is 1. The monoisotopic (exact) mass is 360 g/mol. The number of ether oxygens (including phenoxy) is 2. The highest BCUT2D eigenvalue weighted by atomic mass is 19.1. The van der Waals surface area contributed by atoms with Crippen molar-refractivity contribution in [2.24, 2.45) is 0 Å². The van der Waals surface area contributed by atoms with Crippen molar-refractivity contribution in [3.8, 4) is 11.5 Å². The van der Waals surface area contributed by atoms with Crippen molar-refractivity contribution < 1.29 is 18.7 Å². The third-order valence-electron chi connectivity index (χ3n) is 3.76. The van der Waals surface area contributed by atoms with Gasteiger partial charge in [0.05, 0.1) is 20.2 Å². The molecule has 0 spiro atoms. The fourth-order valence-corrected chi connectivity index (χ4v) is 2.54. The summed E-state index contributed by atoms with van der Waals surface area (Å²) in [6.07, 6.45) is 0. The highest BCUT2D eigenvalue weighted by Gasteiger charge is 2.09. The van der Waals surface area contributed by atoms with Gasteiger partial charge in [-0.15, -0.1) is 0 Å². The van der Waals surface area contributed by atoms with Gasteiger partial charge in [0, 0.05) is 6.54 Å². The van der Waals surface area contributed by atoms with E-state index in [0.717, 1.165) is 16.9 Å². The van der Waals surface area contributed by atoms with Crippen molar-refractivity contribution in [2.45, 2.75) is 13.5 Å². The molecule has 140 valence electrons. The minimum Gasteiger partial charge on any atom is -0.494 e. The molecule has 0 saturated carbocycles. The third-order valence-corrected chi connectivity index (χ3v) is 3.76. The Morgan fingerprint density at radius 3 is 2.73 bits per heavy atom. The molecule has 0 aliphatic heterocycles. The predicted molar refractivity (Wildman–Crippen MR) is 99.0 cm³/mol. The van der Waals surface area contributed by atoms with E-state index in [4.69, 9.17) is 9.47 Å². The van der Waals surface area contributed by atoms with Gasteiger partial charge in [0.1, 0.15) is 12.4 Å². The molecule has 0 aliphatic rings. The van der Waals surface area contributed by atoms with E-state index in [1.807, 2.05) is 43.1 Å². The van der Waals surface area contributed by atoms with Crippen LogP contribution in [0.3, 0.4) is 0 Å². The topological polar surface area (TPSA) is 50.8 Å². The lowest BCUT2D eigenvalue weighted by atomic mass is 10.2. The second-order valence-electron chi connectivity index (χ2n) is 6.16. The molecule has 0 heterocycles. The lowest BCUT2D eigenvalue weighted by Crippen LogP contribution is -2.36. The number of methoxy groups -OCH3 is 1. The Hall–Kier alpha value is -2.60. The van der Waals surface area contributed by atoms with E-state index in [2.05, 4.69) is 5.32 Å². The number of hydrogen-bond acceptors (Lipinski definition) is 4. The second-order valence-corrected chi connectivity index (χ2v) is 6.16. The summed E-state index contributed by atoms with van der Waals surface area (Å²) in [5.41, 5.74) is 1.91. The molecule has 1 N–H and O–H groups in total. The van der Waals surface area contributed by atoms with Crippen molar-refractivity contribution in [1.29, 1.82) is 0 Å². The normalized spacial score (nSPS) is 10.7. The molecule has 0 bridgehead atoms. The first kappa shape index (κ1) is 19.7. The molecule has 26 heavy (non-hydrogen) atoms. The maximum absolute atomic E-state index is 13.7. The van der Waals surface area contributed by atoms with Crippen LogP contribution < -0.4 is 14.8 Å². The molecule has 5 nitrogen and oxygen atoms in total. The van der Waals surface area contributed by atoms with Crippen LogP contribution in [0, 0.1) is 12.7 Å². The van der Waals surface area contributed by atoms with Crippen LogP contribution in [0.5, 0.6) is 11.5 Å². The highest BCUT2D eigenvalue weighted by Crippen LogP contribution is 2.18. The molecule has 0 aliphatic carbocycles. The molecule has 1 amide bonds. The van der Waals surface area contributed by atoms with Crippen LogP contribution in [0.25, 0.3) is 0 Å². The molecule has 6 heteroatoms. The van der Waals surface area contributed by atoms with E-state index in [-0.39, 0.29) is 18.2 Å². The summed E-state index contributed by atoms with van der Waals surface area (Å²) in [5, 5.41) is 2.81. The fourth-order valence-electron chi connectivity index (χ4n) is 2.54. The van der Waals surface area contributed by atoms with Gasteiger partial charge in [-0.2, -0.15) is 0 Å². The summed E-state index contributed by atoms with van der Waals surface area (Å²) in [6, 6.07) is 12.6. The summed E-state index contributed by atoms with van der Waals surface area (Å²) >= 11 is 0. The van der Waals surface area contributed by atoms with Gasteiger partial charge in [-0.1, -0.05) is 18.2 Å². The molecule has 0 saturated heterocycles. The number of aryl methyl sites for hydroxylation is 1. The van der Waals surface area contributed by atoms with Crippen LogP contribution in [0.1, 0.15) is 11.1 Å². The SMILES string of the molecule is COc1ccc(CN(C)CC(=O)NCCOc2cccc(C)c2)cc1F. The standard InChI is InChI=1S/C20H25FN2O3/c1-15-5-4-6-17(11-15)26-10-9-22-20(24)14-23(2)13-16-7-8-19(25-3)18(21)12-16/h4-8,11-12H,9-10,13-14H2,1-3H3,(H,22,24). The molecule has 0 atom stereocenters. The van der Waals surface area contributed by atoms with Crippen molar-refractivity contribution in [3.63, 3.8) is 0 Å². The minimum absolute atomic E-state index is 0.102. The summed E-state index contributed by atoms with van der Waals surface area (Å²) < 4.78 is 24.2. The Morgan fingerprint density at radius 1 is 1.23 bits per heavy atom. The van der Waals surface area contributed by atoms with Gasteiger partial charge in [0.2, 0.25) is 5.91 Å². The molecular weight excluding hydrogens is 335 g/mol. The Bertz CT molecular complexity index is 737. The van der Waals surface area contributed by atoms with E-state index in [9.17, 15) is 9.18 Å². The highest BCUT2D eigenvalue weighted by molar-refractivity contribution is 5.77. The summed E-state index contributed by atoms with van der Waals surface area (Å²) in [5.74, 6) is 0.492. The zero-order valence-electron chi connectivity index (χ0n) is 15.4. The maximum Gasteiger partial charge on any atom is 0.234 e. The number of nitrogens with one attached hydrogen (secondary N) is 1. The third kappa shape index (κ3) is 6.37. The van der Waals surface area contributed by atoms with Crippen LogP contribution in [0.4, 0.5) is 4.39 Å². The molecule has 0 fully saturated rings. The zero-order chi connectivity index (χ0) is 18.9. The van der Waals surface area contributed by atoms with E-state index < -0.39 is 5.82 Å². The van der Waals surface area contributed by atoms with E-state index in [0.29, 0.717) is 19.7 Å². The molecule has 2 aromatic rings. The first-order chi connectivity index (χ1) is 12.5. The zero-order valence-corrected chi connectivity index (χ0v) is 15.4. The fraction of sp³-hybridized carbons (Fsp3) is 0.350. The minimum atomic E-state index is -0.406. The van der Waals surface area contributed by atoms with E-state index >= 15 is 0 Å². The van der Waals surface area contributed by atoms with Crippen molar-refractivity contribution in [3.05, 3.63) is 59.4 Å². The molecular formula is C20H25FN2O3. The van der Waals surface area contributed by atoms with Crippen LogP contribution in [-0.2, 0) is 11.3 Å². The average molecular weight is 360 g/mol. The molecule has 0 unspecified atom stereocenters. The van der Waals surface area contributed by atoms with Crippen LogP contribution >= 0.6 is 0 Å². The van der Waals surface area contributed by atoms with E-state index in [1.165, 1.54) is 13.2 Å². The smallest absolute Gasteiger partial charge is 0.234 e. The summed E-state index contributed by atoms with van der Waals surface area (Å²) in [7, 11) is 3.24. The Morgan fingerprint density at radius 2 is 2.04 bits per heavy atom. The first-order valence-corrected chi connectivity index (χ1v) is 8.45. The number of hydrogen-bond donors (Lipinski definition) is 1. The Kier molecular flexibility index (Phi) is 7.41. The molecule has 2 rings (SSSR count). The molecule has 2 aromatic carbocycles. The largest absolute Gasteiger partial charge is 0.494 e. The summed E-state index contributed by atoms with van der Waals surface area (Å²) in [4.78, 5) is 13.8. The van der Waals surface area contributed by atoms with Gasteiger partial charge < -0.3 is 14.8 Å². The van der Waals surface area contributed by atoms with E-state index in [1.54, 1.807) is 12.1 Å². The van der Waals surface area contributed by atoms with Gasteiger partial charge in [-0.25, -0.2) is 4.39 Å². The number of nitrogens with zero attached hydrogens (tertiary/aromatic N) is 1. The van der Waals surface area contributed by atoms with Crippen LogP contribution in [0.15, 0.2) is 42.5 Å². The maximum atomic E-state index is 13.7. The van der Waals surface area contributed by atoms with Crippen molar-refractivity contribution in [2.75, 3.05) is 33.9 Å². The lowest BCUT2D eigenvalue weighted by molar-refractivity contribution is -0.122. The number of benzene rings is 2. The number of carbonyl (C=O) groups is 1. The number of amides is 1. The Balaban J connectivity index is 1.69. The van der Waals surface area contributed by atoms with Gasteiger partial charge in [0.25, 0.3) is 0 Å². The lowest BCUT2D eigenvalue weighted by Gasteiger charge is -2.17. The van der Waals surface area contributed by atoms with Gasteiger partial charge >= 0.3 is 0 Å². The number of halogens is 1. The van der Waals surface area contributed by atoms with Gasteiger partial charge in [0.15, 0.2) is 11.6 Å². The molecule has 0 radical (unpaired) electrons. The number of rotatable bonds is 9. The quantitative estimate of drug-likeness (QED) is 0.699. The predicted octanol–water partition coefficient (Wildman–Crippen LogP) is 2.77. The van der Waals surface area contributed by atoms with Crippen LogP contribution in [0.2, 0.25) is 0 Å². The van der Waals surface area contributed by atoms with Crippen molar-refractivity contribution in [1.82, 2.24) is 10.2 Å². The Labute approximate surface area is 153 Å². The van der Waals surface area contributed by atoms with Crippen LogP contribution in [-0.4, -0.2) is 44.7 Å². The molecule has 0 aromatic heterocycles. The van der Waals surface area contributed by atoms with Crippen molar-refractivity contribution >= 4 is 5.91 Å². The number of carbonyl (C=O) groups excluding carboxylic acids is 1. The first-order valence-electron chi connectivity index (χ1n) is 8.45. The van der Waals surface area contributed by atoms with Gasteiger partial charge in [-0.3, -0.25) is 9.69 Å². The average Bonchev–Trinajstić information content (AvgIpc) is 2.59. The van der Waals surface area contributed by atoms with Gasteiger partial charge in [-0.05, 0) is 49.4 Å². The second kappa shape index (κ2) is 9.77.